The Balaban J connectivity index is 2.37. The number of aromatic amines is 1. The minimum Gasteiger partial charge on any atom is -0.383 e. The molecule has 4 heteroatoms. The van der Waals surface area contributed by atoms with E-state index in [1.54, 1.807) is 0 Å². The van der Waals surface area contributed by atoms with E-state index in [1.165, 1.54) is 0 Å². The van der Waals surface area contributed by atoms with Crippen molar-refractivity contribution in [2.24, 2.45) is 0 Å². The monoisotopic (exact) mass is 176 g/mol. The van der Waals surface area contributed by atoms with Crippen molar-refractivity contribution in [1.82, 2.24) is 15.4 Å². The molecule has 0 amide bonds. The number of H-pyrrole nitrogens is 1. The SMILES string of the molecule is CC(C)Nc1ccc2[nH]nnc2c1. The van der Waals surface area contributed by atoms with Gasteiger partial charge in [-0.15, -0.1) is 5.10 Å². The van der Waals surface area contributed by atoms with Gasteiger partial charge in [-0.25, -0.2) is 0 Å². The Hall–Kier alpha value is -1.58. The van der Waals surface area contributed by atoms with Gasteiger partial charge < -0.3 is 5.32 Å². The first-order valence-corrected chi connectivity index (χ1v) is 4.33. The molecule has 2 aromatic rings. The summed E-state index contributed by atoms with van der Waals surface area (Å²) in [6.07, 6.45) is 0. The maximum Gasteiger partial charge on any atom is 0.114 e. The largest absolute Gasteiger partial charge is 0.383 e. The van der Waals surface area contributed by atoms with Crippen LogP contribution in [0.5, 0.6) is 0 Å². The van der Waals surface area contributed by atoms with Gasteiger partial charge in [-0.3, -0.25) is 5.10 Å². The van der Waals surface area contributed by atoms with Crippen LogP contribution in [0, 0.1) is 0 Å². The molecular formula is C9H12N4. The highest BCUT2D eigenvalue weighted by Gasteiger charge is 1.99. The lowest BCUT2D eigenvalue weighted by Crippen LogP contribution is -2.09. The van der Waals surface area contributed by atoms with Crippen LogP contribution in [0.2, 0.25) is 0 Å². The molecule has 1 aromatic carbocycles. The molecule has 1 heterocycles. The van der Waals surface area contributed by atoms with Crippen LogP contribution in [0.25, 0.3) is 11.0 Å². The lowest BCUT2D eigenvalue weighted by Gasteiger charge is -2.08. The molecule has 0 aliphatic carbocycles. The summed E-state index contributed by atoms with van der Waals surface area (Å²) in [4.78, 5) is 0. The third kappa shape index (κ3) is 1.61. The summed E-state index contributed by atoms with van der Waals surface area (Å²) in [5, 5.41) is 13.8. The minimum atomic E-state index is 0.435. The summed E-state index contributed by atoms with van der Waals surface area (Å²) < 4.78 is 0. The molecule has 13 heavy (non-hydrogen) atoms. The van der Waals surface area contributed by atoms with Gasteiger partial charge in [0.25, 0.3) is 0 Å². The maximum absolute atomic E-state index is 3.94. The normalized spacial score (nSPS) is 11.0. The van der Waals surface area contributed by atoms with Crippen molar-refractivity contribution in [2.45, 2.75) is 19.9 Å². The van der Waals surface area contributed by atoms with Gasteiger partial charge in [0.05, 0.1) is 5.52 Å². The van der Waals surface area contributed by atoms with Crippen LogP contribution < -0.4 is 5.32 Å². The van der Waals surface area contributed by atoms with E-state index in [0.29, 0.717) is 6.04 Å². The van der Waals surface area contributed by atoms with Crippen LogP contribution in [-0.2, 0) is 0 Å². The van der Waals surface area contributed by atoms with E-state index in [2.05, 4.69) is 34.6 Å². The second-order valence-electron chi connectivity index (χ2n) is 3.34. The fourth-order valence-corrected chi connectivity index (χ4v) is 1.26. The number of benzene rings is 1. The average molecular weight is 176 g/mol. The molecule has 0 bridgehead atoms. The zero-order valence-electron chi connectivity index (χ0n) is 7.70. The first-order chi connectivity index (χ1) is 6.25. The number of aromatic nitrogens is 3. The second kappa shape index (κ2) is 3.05. The lowest BCUT2D eigenvalue weighted by molar-refractivity contribution is 0.900. The Labute approximate surface area is 76.3 Å². The molecule has 68 valence electrons. The number of fused-ring (bicyclic) bond motifs is 1. The van der Waals surface area contributed by atoms with Crippen LogP contribution in [0.15, 0.2) is 18.2 Å². The van der Waals surface area contributed by atoms with E-state index in [9.17, 15) is 0 Å². The Bertz CT molecular complexity index is 405. The number of nitrogens with zero attached hydrogens (tertiary/aromatic N) is 2. The zero-order chi connectivity index (χ0) is 9.26. The zero-order valence-corrected chi connectivity index (χ0v) is 7.70. The summed E-state index contributed by atoms with van der Waals surface area (Å²) in [7, 11) is 0. The number of rotatable bonds is 2. The predicted molar refractivity (Wildman–Crippen MR) is 52.6 cm³/mol. The molecule has 0 spiro atoms. The Morgan fingerprint density at radius 1 is 1.38 bits per heavy atom. The van der Waals surface area contributed by atoms with Crippen LogP contribution in [-0.4, -0.2) is 21.5 Å². The highest BCUT2D eigenvalue weighted by molar-refractivity contribution is 5.77. The van der Waals surface area contributed by atoms with Gasteiger partial charge in [0.15, 0.2) is 0 Å². The molecule has 0 fully saturated rings. The lowest BCUT2D eigenvalue weighted by atomic mass is 10.2. The second-order valence-corrected chi connectivity index (χ2v) is 3.34. The Morgan fingerprint density at radius 2 is 2.23 bits per heavy atom. The number of nitrogens with one attached hydrogen (secondary N) is 2. The van der Waals surface area contributed by atoms with E-state index in [0.717, 1.165) is 16.7 Å². The Morgan fingerprint density at radius 3 is 3.00 bits per heavy atom. The predicted octanol–water partition coefficient (Wildman–Crippen LogP) is 1.78. The van der Waals surface area contributed by atoms with Crippen LogP contribution in [0.4, 0.5) is 5.69 Å². The highest BCUT2D eigenvalue weighted by atomic mass is 15.3. The van der Waals surface area contributed by atoms with E-state index in [1.807, 2.05) is 18.2 Å². The summed E-state index contributed by atoms with van der Waals surface area (Å²) in [6.45, 7) is 4.21. The molecule has 0 atom stereocenters. The number of hydrogen-bond donors (Lipinski definition) is 2. The van der Waals surface area contributed by atoms with Gasteiger partial charge in [0, 0.05) is 11.7 Å². The summed E-state index contributed by atoms with van der Waals surface area (Å²) in [6, 6.07) is 6.41. The minimum absolute atomic E-state index is 0.435. The quantitative estimate of drug-likeness (QED) is 0.733. The van der Waals surface area contributed by atoms with Crippen molar-refractivity contribution in [3.63, 3.8) is 0 Å². The van der Waals surface area contributed by atoms with Crippen molar-refractivity contribution in [1.29, 1.82) is 0 Å². The summed E-state index contributed by atoms with van der Waals surface area (Å²) in [5.41, 5.74) is 2.94. The van der Waals surface area contributed by atoms with Crippen LogP contribution >= 0.6 is 0 Å². The van der Waals surface area contributed by atoms with Crippen molar-refractivity contribution < 1.29 is 0 Å². The number of hydrogen-bond acceptors (Lipinski definition) is 3. The topological polar surface area (TPSA) is 53.6 Å². The fourth-order valence-electron chi connectivity index (χ4n) is 1.26. The maximum atomic E-state index is 3.94. The van der Waals surface area contributed by atoms with Crippen molar-refractivity contribution >= 4 is 16.7 Å². The summed E-state index contributed by atoms with van der Waals surface area (Å²) in [5.74, 6) is 0. The first kappa shape index (κ1) is 8.04. The molecule has 0 saturated carbocycles. The molecule has 2 N–H and O–H groups in total. The molecule has 0 aliphatic heterocycles. The average Bonchev–Trinajstić information content (AvgIpc) is 2.49. The van der Waals surface area contributed by atoms with Crippen LogP contribution in [0.3, 0.4) is 0 Å². The van der Waals surface area contributed by atoms with Crippen molar-refractivity contribution in [2.75, 3.05) is 5.32 Å². The highest BCUT2D eigenvalue weighted by Crippen LogP contribution is 2.15. The first-order valence-electron chi connectivity index (χ1n) is 4.33. The van der Waals surface area contributed by atoms with E-state index in [-0.39, 0.29) is 0 Å². The van der Waals surface area contributed by atoms with Gasteiger partial charge in [-0.1, -0.05) is 5.21 Å². The third-order valence-corrected chi connectivity index (χ3v) is 1.78. The molecule has 0 saturated heterocycles. The summed E-state index contributed by atoms with van der Waals surface area (Å²) >= 11 is 0. The van der Waals surface area contributed by atoms with E-state index < -0.39 is 0 Å². The molecule has 2 rings (SSSR count). The number of anilines is 1. The molecular weight excluding hydrogens is 164 g/mol. The van der Waals surface area contributed by atoms with E-state index in [4.69, 9.17) is 0 Å². The molecule has 0 aliphatic rings. The van der Waals surface area contributed by atoms with Gasteiger partial charge >= 0.3 is 0 Å². The van der Waals surface area contributed by atoms with Crippen molar-refractivity contribution in [3.8, 4) is 0 Å². The van der Waals surface area contributed by atoms with Gasteiger partial charge in [0.2, 0.25) is 0 Å². The molecule has 1 aromatic heterocycles. The van der Waals surface area contributed by atoms with Gasteiger partial charge in [-0.2, -0.15) is 0 Å². The molecule has 0 unspecified atom stereocenters. The third-order valence-electron chi connectivity index (χ3n) is 1.78. The molecule has 4 nitrogen and oxygen atoms in total. The molecule has 0 radical (unpaired) electrons. The fraction of sp³-hybridized carbons (Fsp3) is 0.333. The van der Waals surface area contributed by atoms with Gasteiger partial charge in [0.1, 0.15) is 5.52 Å². The standard InChI is InChI=1S/C9H12N4/c1-6(2)10-7-3-4-8-9(5-7)12-13-11-8/h3-6,10H,1-2H3,(H,11,12,13). The Kier molecular flexibility index (Phi) is 1.88. The van der Waals surface area contributed by atoms with Crippen molar-refractivity contribution in [3.05, 3.63) is 18.2 Å². The van der Waals surface area contributed by atoms with Crippen LogP contribution in [0.1, 0.15) is 13.8 Å². The smallest absolute Gasteiger partial charge is 0.114 e. The van der Waals surface area contributed by atoms with Gasteiger partial charge in [-0.05, 0) is 32.0 Å². The van der Waals surface area contributed by atoms with E-state index >= 15 is 0 Å².